The summed E-state index contributed by atoms with van der Waals surface area (Å²) in [6.45, 7) is 2.64. The maximum atomic E-state index is 12.0. The highest BCUT2D eigenvalue weighted by atomic mass is 35.5. The van der Waals surface area contributed by atoms with Crippen molar-refractivity contribution in [2.75, 3.05) is 18.0 Å². The number of benzene rings is 2. The third-order valence-corrected chi connectivity index (χ3v) is 9.70. The molecule has 2 atom stereocenters. The molecule has 204 valence electrons. The van der Waals surface area contributed by atoms with Gasteiger partial charge in [0.25, 0.3) is 0 Å². The predicted octanol–water partition coefficient (Wildman–Crippen LogP) is 7.38. The van der Waals surface area contributed by atoms with Crippen molar-refractivity contribution in [3.63, 3.8) is 0 Å². The Morgan fingerprint density at radius 2 is 1.82 bits per heavy atom. The zero-order chi connectivity index (χ0) is 27.1. The molecule has 0 bridgehead atoms. The molecule has 3 heterocycles. The van der Waals surface area contributed by atoms with Crippen LogP contribution in [0.2, 0.25) is 10.0 Å². The molecule has 2 unspecified atom stereocenters. The van der Waals surface area contributed by atoms with Gasteiger partial charge >= 0.3 is 5.97 Å². The molecule has 3 aliphatic carbocycles. The van der Waals surface area contributed by atoms with Crippen LogP contribution in [0.25, 0.3) is 28.2 Å². The number of anilines is 1. The minimum Gasteiger partial charge on any atom is -0.477 e. The summed E-state index contributed by atoms with van der Waals surface area (Å²) in [6, 6.07) is 11.5. The Balaban J connectivity index is 1.01. The molecule has 3 saturated carbocycles. The van der Waals surface area contributed by atoms with E-state index in [0.29, 0.717) is 51.9 Å². The summed E-state index contributed by atoms with van der Waals surface area (Å²) in [7, 11) is 0. The summed E-state index contributed by atoms with van der Waals surface area (Å²) in [5, 5.41) is 20.8. The van der Waals surface area contributed by atoms with Crippen LogP contribution in [0.15, 0.2) is 47.0 Å². The van der Waals surface area contributed by atoms with E-state index in [9.17, 15) is 9.90 Å². The second kappa shape index (κ2) is 9.11. The van der Waals surface area contributed by atoms with Crippen molar-refractivity contribution in [1.82, 2.24) is 14.9 Å². The van der Waals surface area contributed by atoms with E-state index >= 15 is 0 Å². The molecule has 8 rings (SSSR count). The first-order chi connectivity index (χ1) is 19.5. The van der Waals surface area contributed by atoms with Crippen LogP contribution < -0.4 is 4.90 Å². The van der Waals surface area contributed by atoms with Crippen molar-refractivity contribution in [2.24, 2.45) is 23.7 Å². The summed E-state index contributed by atoms with van der Waals surface area (Å²) >= 11 is 13.0. The lowest BCUT2D eigenvalue weighted by Gasteiger charge is -2.21. The minimum absolute atomic E-state index is 0.305. The summed E-state index contributed by atoms with van der Waals surface area (Å²) < 4.78 is 7.51. The van der Waals surface area contributed by atoms with Crippen LogP contribution in [0.1, 0.15) is 53.4 Å². The Morgan fingerprint density at radius 1 is 1.07 bits per heavy atom. The minimum atomic E-state index is -0.912. The molecule has 2 aromatic carbocycles. The number of piperidine rings is 1. The van der Waals surface area contributed by atoms with Gasteiger partial charge in [-0.05, 0) is 79.7 Å². The van der Waals surface area contributed by atoms with Gasteiger partial charge in [0, 0.05) is 47.8 Å². The Bertz CT molecular complexity index is 1670. The van der Waals surface area contributed by atoms with Gasteiger partial charge in [-0.2, -0.15) is 5.10 Å². The summed E-state index contributed by atoms with van der Waals surface area (Å²) in [5.74, 6) is 2.68. The van der Waals surface area contributed by atoms with E-state index in [4.69, 9.17) is 27.7 Å². The first-order valence-electron chi connectivity index (χ1n) is 14.1. The first-order valence-corrected chi connectivity index (χ1v) is 14.8. The van der Waals surface area contributed by atoms with Crippen molar-refractivity contribution < 1.29 is 14.4 Å². The molecular formula is C31H28Cl2N4O3. The Hall–Kier alpha value is -3.29. The number of carbonyl (C=O) groups is 1. The zero-order valence-electron chi connectivity index (χ0n) is 21.8. The number of carboxylic acids is 1. The summed E-state index contributed by atoms with van der Waals surface area (Å²) in [6.07, 6.45) is 9.04. The highest BCUT2D eigenvalue weighted by Gasteiger charge is 2.54. The number of allylic oxidation sites excluding steroid dienone is 1. The van der Waals surface area contributed by atoms with E-state index in [-0.39, 0.29) is 0 Å². The van der Waals surface area contributed by atoms with Gasteiger partial charge in [0.15, 0.2) is 5.69 Å². The van der Waals surface area contributed by atoms with E-state index in [2.05, 4.69) is 33.4 Å². The Morgan fingerprint density at radius 3 is 2.50 bits per heavy atom. The second-order valence-electron chi connectivity index (χ2n) is 11.8. The van der Waals surface area contributed by atoms with Gasteiger partial charge in [0.05, 0.1) is 15.6 Å². The van der Waals surface area contributed by atoms with Crippen LogP contribution in [-0.2, 0) is 6.54 Å². The van der Waals surface area contributed by atoms with Gasteiger partial charge in [0.1, 0.15) is 11.5 Å². The van der Waals surface area contributed by atoms with Crippen LogP contribution in [0.4, 0.5) is 5.69 Å². The van der Waals surface area contributed by atoms with Crippen LogP contribution in [0.3, 0.4) is 0 Å². The number of hydrogen-bond acceptors (Lipinski definition) is 5. The third kappa shape index (κ3) is 4.13. The predicted molar refractivity (Wildman–Crippen MR) is 155 cm³/mol. The molecule has 0 amide bonds. The number of hydrogen-bond donors (Lipinski definition) is 1. The molecule has 4 aliphatic rings. The van der Waals surface area contributed by atoms with E-state index in [1.165, 1.54) is 0 Å². The maximum absolute atomic E-state index is 12.0. The molecule has 0 radical (unpaired) electrons. The largest absolute Gasteiger partial charge is 0.477 e. The molecule has 0 spiro atoms. The van der Waals surface area contributed by atoms with Gasteiger partial charge in [0.2, 0.25) is 0 Å². The summed E-state index contributed by atoms with van der Waals surface area (Å²) in [5.41, 5.74) is 4.63. The van der Waals surface area contributed by atoms with E-state index in [1.54, 1.807) is 4.68 Å². The fourth-order valence-corrected chi connectivity index (χ4v) is 7.09. The van der Waals surface area contributed by atoms with Crippen molar-refractivity contribution in [3.05, 3.63) is 69.5 Å². The van der Waals surface area contributed by atoms with Gasteiger partial charge in [-0.1, -0.05) is 46.6 Å². The van der Waals surface area contributed by atoms with E-state index < -0.39 is 5.97 Å². The molecule has 2 aromatic heterocycles. The monoisotopic (exact) mass is 574 g/mol. The SMILES string of the molecule is O=C(O)c1c2ccc(N3CC4C(C=Cc5c(-c6c(Cl)cccc6Cl)noc5C5CC5)C4C3)cc2nn1CC1CC1. The van der Waals surface area contributed by atoms with Gasteiger partial charge in [-0.15, -0.1) is 0 Å². The molecule has 9 heteroatoms. The number of rotatable bonds is 8. The average molecular weight is 575 g/mol. The van der Waals surface area contributed by atoms with Crippen LogP contribution in [0, 0.1) is 23.7 Å². The highest BCUT2D eigenvalue weighted by Crippen LogP contribution is 2.54. The molecule has 4 aromatic rings. The highest BCUT2D eigenvalue weighted by molar-refractivity contribution is 6.39. The fourth-order valence-electron chi connectivity index (χ4n) is 6.51. The maximum Gasteiger partial charge on any atom is 0.354 e. The molecule has 7 nitrogen and oxygen atoms in total. The number of halogens is 2. The Kier molecular flexibility index (Phi) is 5.58. The lowest BCUT2D eigenvalue weighted by molar-refractivity contribution is 0.0685. The lowest BCUT2D eigenvalue weighted by atomic mass is 10.0. The van der Waals surface area contributed by atoms with Crippen molar-refractivity contribution in [3.8, 4) is 11.3 Å². The normalized spacial score (nSPS) is 23.9. The quantitative estimate of drug-likeness (QED) is 0.236. The average Bonchev–Trinajstić information content (AvgIpc) is 3.89. The molecule has 4 fully saturated rings. The van der Waals surface area contributed by atoms with Gasteiger partial charge < -0.3 is 14.5 Å². The van der Waals surface area contributed by atoms with Crippen LogP contribution in [-0.4, -0.2) is 39.1 Å². The van der Waals surface area contributed by atoms with Crippen LogP contribution in [0.5, 0.6) is 0 Å². The van der Waals surface area contributed by atoms with Crippen LogP contribution >= 0.6 is 23.2 Å². The Labute approximate surface area is 241 Å². The molecule has 1 saturated heterocycles. The first kappa shape index (κ1) is 24.5. The van der Waals surface area contributed by atoms with Crippen molar-refractivity contribution in [2.45, 2.75) is 38.1 Å². The molecule has 1 aliphatic heterocycles. The molecule has 1 N–H and O–H groups in total. The fraction of sp³-hybridized carbons (Fsp3) is 0.387. The topological polar surface area (TPSA) is 84.4 Å². The second-order valence-corrected chi connectivity index (χ2v) is 12.6. The smallest absolute Gasteiger partial charge is 0.354 e. The standard InChI is InChI=1S/C31H28Cl2N4O3/c32-24-2-1-3-25(33)27(24)28-21(30(40-35-28)17-6-7-17)11-10-19-22-14-36(15-23(19)22)18-8-9-20-26(12-18)34-37(13-16-4-5-16)29(20)31(38)39/h1-3,8-12,16-17,19,22-23H,4-7,13-15H2,(H,38,39). The number of aromatic carboxylic acids is 1. The van der Waals surface area contributed by atoms with Gasteiger partial charge in [-0.25, -0.2) is 4.79 Å². The van der Waals surface area contributed by atoms with E-state index in [1.807, 2.05) is 30.3 Å². The zero-order valence-corrected chi connectivity index (χ0v) is 23.3. The van der Waals surface area contributed by atoms with Crippen molar-refractivity contribution in [1.29, 1.82) is 0 Å². The number of aromatic nitrogens is 3. The third-order valence-electron chi connectivity index (χ3n) is 9.07. The lowest BCUT2D eigenvalue weighted by Crippen LogP contribution is -2.23. The van der Waals surface area contributed by atoms with Crippen molar-refractivity contribution >= 4 is 51.8 Å². The number of fused-ring (bicyclic) bond motifs is 2. The molecular weight excluding hydrogens is 547 g/mol. The number of carboxylic acid groups (broad SMARTS) is 1. The van der Waals surface area contributed by atoms with E-state index in [0.717, 1.165) is 77.9 Å². The molecule has 40 heavy (non-hydrogen) atoms. The van der Waals surface area contributed by atoms with Gasteiger partial charge in [-0.3, -0.25) is 4.68 Å². The summed E-state index contributed by atoms with van der Waals surface area (Å²) in [4.78, 5) is 14.4. The number of nitrogens with zero attached hydrogens (tertiary/aromatic N) is 4.